The molecular formula is C49H75NO13. The van der Waals surface area contributed by atoms with Crippen LogP contribution in [0.25, 0.3) is 0 Å². The van der Waals surface area contributed by atoms with Crippen LogP contribution in [0.1, 0.15) is 125 Å². The van der Waals surface area contributed by atoms with Gasteiger partial charge in [-0.05, 0) is 107 Å². The quantitative estimate of drug-likeness (QED) is 0.168. The van der Waals surface area contributed by atoms with E-state index in [1.54, 1.807) is 34.1 Å². The molecule has 3 fully saturated rings. The number of ether oxygens (including phenoxy) is 5. The topological polar surface area (TPSA) is 195 Å². The summed E-state index contributed by atoms with van der Waals surface area (Å²) in [5.74, 6) is -6.71. The molecule has 0 aromatic carbocycles. The summed E-state index contributed by atoms with van der Waals surface area (Å²) in [4.78, 5) is 70.9. The zero-order valence-corrected chi connectivity index (χ0v) is 38.9. The van der Waals surface area contributed by atoms with Crippen molar-refractivity contribution in [2.45, 2.75) is 179 Å². The number of amides is 1. The molecule has 1 amide bonds. The molecule has 0 spiro atoms. The Morgan fingerprint density at radius 2 is 1.60 bits per heavy atom. The lowest BCUT2D eigenvalue weighted by molar-refractivity contribution is -0.245. The van der Waals surface area contributed by atoms with Crippen LogP contribution >= 0.6 is 0 Å². The molecule has 2 bridgehead atoms. The van der Waals surface area contributed by atoms with Gasteiger partial charge in [0.25, 0.3) is 11.7 Å². The molecule has 3 N–H and O–H groups in total. The van der Waals surface area contributed by atoms with Crippen molar-refractivity contribution < 1.29 is 63.0 Å². The molecule has 2 saturated heterocycles. The van der Waals surface area contributed by atoms with Crippen LogP contribution in [0.15, 0.2) is 47.6 Å². The van der Waals surface area contributed by atoms with Crippen molar-refractivity contribution in [1.82, 2.24) is 4.90 Å². The second kappa shape index (κ2) is 24.8. The van der Waals surface area contributed by atoms with Gasteiger partial charge in [-0.1, -0.05) is 57.2 Å². The third-order valence-corrected chi connectivity index (χ3v) is 13.6. The first-order chi connectivity index (χ1) is 29.9. The minimum absolute atomic E-state index is 0.0449. The molecule has 3 heterocycles. The number of Topliss-reactive ketones (excluding diaryl/α,β-unsaturated/α-hetero) is 3. The highest BCUT2D eigenvalue weighted by molar-refractivity contribution is 6.39. The lowest BCUT2D eigenvalue weighted by Crippen LogP contribution is -2.58. The monoisotopic (exact) mass is 886 g/mol. The van der Waals surface area contributed by atoms with E-state index in [-0.39, 0.29) is 67.7 Å². The summed E-state index contributed by atoms with van der Waals surface area (Å²) in [5, 5.41) is 33.4. The Labute approximate surface area is 374 Å². The zero-order chi connectivity index (χ0) is 46.4. The standard InChI is InChI=1S/C49H75NO13/c1-30-15-10-9-11-16-31(2)41(59-6)28-36-17-14-23-49(58,63-36)46(55)47(56)50-24-13-12-18-37(50)48(57)62-42(33(4)26-35-20-22-38(51)43(27-35)60-7)29-40(53)32(3)25-34(5)44(54)45(61-8)39(52)21-19-30/h9-11,15-16,25,30,32-33,35-38,41-45,51,54,58H,12-14,17-24,26-29H2,1-8H3/b11-9?,15-10+,31-16?,34-25+/t30-,32-,33-,35+,36?,37+,38-,41+,42+,43-,44-,45+,49-/m1/s1. The number of piperidine rings is 1. The summed E-state index contributed by atoms with van der Waals surface area (Å²) in [6.07, 6.45) is 11.4. The van der Waals surface area contributed by atoms with Crippen molar-refractivity contribution in [2.24, 2.45) is 23.7 Å². The van der Waals surface area contributed by atoms with Crippen LogP contribution in [0.2, 0.25) is 0 Å². The zero-order valence-electron chi connectivity index (χ0n) is 38.9. The smallest absolute Gasteiger partial charge is 0.329 e. The first kappa shape index (κ1) is 52.3. The molecule has 4 aliphatic rings. The van der Waals surface area contributed by atoms with Crippen molar-refractivity contribution in [3.8, 4) is 0 Å². The minimum Gasteiger partial charge on any atom is -0.460 e. The van der Waals surface area contributed by atoms with E-state index in [9.17, 15) is 39.3 Å². The number of hydrogen-bond acceptors (Lipinski definition) is 13. The van der Waals surface area contributed by atoms with Gasteiger partial charge in [0.1, 0.15) is 30.1 Å². The lowest BCUT2D eigenvalue weighted by atomic mass is 9.78. The highest BCUT2D eigenvalue weighted by atomic mass is 16.6. The fraction of sp³-hybridized carbons (Fsp3) is 0.735. The summed E-state index contributed by atoms with van der Waals surface area (Å²) < 4.78 is 29.1. The van der Waals surface area contributed by atoms with Gasteiger partial charge >= 0.3 is 5.97 Å². The van der Waals surface area contributed by atoms with Crippen LogP contribution in [0.5, 0.6) is 0 Å². The number of carbonyl (C=O) groups is 5. The fourth-order valence-corrected chi connectivity index (χ4v) is 9.53. The molecule has 14 heteroatoms. The van der Waals surface area contributed by atoms with Gasteiger partial charge in [-0.2, -0.15) is 0 Å². The van der Waals surface area contributed by atoms with Crippen LogP contribution in [-0.4, -0.2) is 132 Å². The summed E-state index contributed by atoms with van der Waals surface area (Å²) in [6, 6.07) is -1.13. The van der Waals surface area contributed by atoms with Gasteiger partial charge in [0.05, 0.1) is 24.4 Å². The Balaban J connectivity index is 1.67. The van der Waals surface area contributed by atoms with E-state index in [0.717, 1.165) is 12.0 Å². The number of fused-ring (bicyclic) bond motifs is 3. The van der Waals surface area contributed by atoms with E-state index in [0.29, 0.717) is 63.4 Å². The van der Waals surface area contributed by atoms with Crippen molar-refractivity contribution in [3.05, 3.63) is 47.6 Å². The Morgan fingerprint density at radius 3 is 2.30 bits per heavy atom. The number of esters is 1. The highest BCUT2D eigenvalue weighted by Crippen LogP contribution is 2.35. The summed E-state index contributed by atoms with van der Waals surface area (Å²) in [5.41, 5.74) is 1.27. The van der Waals surface area contributed by atoms with Gasteiger partial charge in [-0.25, -0.2) is 4.79 Å². The molecule has 0 aromatic heterocycles. The second-order valence-corrected chi connectivity index (χ2v) is 18.6. The number of ketones is 3. The van der Waals surface area contributed by atoms with Crippen LogP contribution in [0.4, 0.5) is 0 Å². The number of cyclic esters (lactones) is 1. The van der Waals surface area contributed by atoms with Crippen molar-refractivity contribution in [1.29, 1.82) is 0 Å². The van der Waals surface area contributed by atoms with Gasteiger partial charge in [0, 0.05) is 59.5 Å². The van der Waals surface area contributed by atoms with Crippen molar-refractivity contribution >= 4 is 29.2 Å². The molecule has 3 aliphatic heterocycles. The number of aliphatic hydroxyl groups excluding tert-OH is 2. The minimum atomic E-state index is -2.38. The molecule has 63 heavy (non-hydrogen) atoms. The van der Waals surface area contributed by atoms with Crippen LogP contribution < -0.4 is 0 Å². The van der Waals surface area contributed by atoms with E-state index >= 15 is 0 Å². The summed E-state index contributed by atoms with van der Waals surface area (Å²) in [7, 11) is 4.51. The van der Waals surface area contributed by atoms with E-state index in [1.165, 1.54) is 12.0 Å². The van der Waals surface area contributed by atoms with Gasteiger partial charge < -0.3 is 43.9 Å². The van der Waals surface area contributed by atoms with Crippen LogP contribution in [0.3, 0.4) is 0 Å². The third-order valence-electron chi connectivity index (χ3n) is 13.6. The van der Waals surface area contributed by atoms with E-state index < -0.39 is 72.0 Å². The van der Waals surface area contributed by atoms with Gasteiger partial charge in [0.2, 0.25) is 5.79 Å². The maximum absolute atomic E-state index is 14.3. The number of carbonyl (C=O) groups excluding carboxylic acids is 5. The Hall–Kier alpha value is -3.37. The maximum Gasteiger partial charge on any atom is 0.329 e. The first-order valence-corrected chi connectivity index (χ1v) is 23.1. The molecule has 0 aromatic rings. The predicted octanol–water partition coefficient (Wildman–Crippen LogP) is 5.69. The molecule has 1 aliphatic carbocycles. The lowest BCUT2D eigenvalue weighted by Gasteiger charge is -2.40. The molecule has 354 valence electrons. The molecule has 1 unspecified atom stereocenters. The fourth-order valence-electron chi connectivity index (χ4n) is 9.53. The van der Waals surface area contributed by atoms with Crippen molar-refractivity contribution in [2.75, 3.05) is 27.9 Å². The highest BCUT2D eigenvalue weighted by Gasteiger charge is 2.49. The Bertz CT molecular complexity index is 1690. The SMILES string of the molecule is CO[C@H]1CC2CCC[C@@](O)(O2)C(=O)C(=O)N2CCCC[C@H]2C(=O)O[C@H]([C@H](C)C[C@@H]2CC[C@@H](O)[C@H](OC)C2)CC(=O)[C@H](C)/C=C(\C)[C@@H](O)[C@@H](OC)C(=O)CC[C@H](C)/C=C/C=CC=C1C. The van der Waals surface area contributed by atoms with Gasteiger partial charge in [0.15, 0.2) is 5.78 Å². The van der Waals surface area contributed by atoms with E-state index in [2.05, 4.69) is 0 Å². The van der Waals surface area contributed by atoms with Crippen LogP contribution in [0, 0.1) is 23.7 Å². The molecule has 1 saturated carbocycles. The first-order valence-electron chi connectivity index (χ1n) is 23.1. The Morgan fingerprint density at radius 1 is 0.857 bits per heavy atom. The van der Waals surface area contributed by atoms with E-state index in [1.807, 2.05) is 51.2 Å². The molecule has 0 radical (unpaired) electrons. The predicted molar refractivity (Wildman–Crippen MR) is 236 cm³/mol. The van der Waals surface area contributed by atoms with Gasteiger partial charge in [-0.3, -0.25) is 19.2 Å². The third kappa shape index (κ3) is 14.6. The summed E-state index contributed by atoms with van der Waals surface area (Å²) in [6.45, 7) is 9.24. The normalized spacial score (nSPS) is 37.6. The molecular weight excluding hydrogens is 811 g/mol. The largest absolute Gasteiger partial charge is 0.460 e. The van der Waals surface area contributed by atoms with Gasteiger partial charge in [-0.15, -0.1) is 0 Å². The summed E-state index contributed by atoms with van der Waals surface area (Å²) >= 11 is 0. The number of aliphatic hydroxyl groups is 3. The number of methoxy groups -OCH3 is 3. The number of hydrogen-bond donors (Lipinski definition) is 3. The average Bonchev–Trinajstić information content (AvgIpc) is 3.26. The van der Waals surface area contributed by atoms with Crippen LogP contribution in [-0.2, 0) is 47.7 Å². The Kier molecular flexibility index (Phi) is 20.6. The van der Waals surface area contributed by atoms with E-state index in [4.69, 9.17) is 23.7 Å². The number of allylic oxidation sites excluding steroid dienone is 6. The van der Waals surface area contributed by atoms with Crippen molar-refractivity contribution in [3.63, 3.8) is 0 Å². The molecule has 14 nitrogen and oxygen atoms in total. The second-order valence-electron chi connectivity index (χ2n) is 18.6. The average molecular weight is 886 g/mol. The number of rotatable bonds is 6. The molecule has 4 rings (SSSR count). The number of nitrogens with zero attached hydrogens (tertiary/aromatic N) is 1. The molecule has 13 atom stereocenters. The maximum atomic E-state index is 14.3.